The predicted molar refractivity (Wildman–Crippen MR) is 373 cm³/mol. The number of ether oxygens (including phenoxy) is 4. The number of hydrogen-bond donors (Lipinski definition) is 9. The number of nitrogens with one attached hydrogen (secondary N) is 1. The van der Waals surface area contributed by atoms with Crippen molar-refractivity contribution in [3.63, 3.8) is 0 Å². The van der Waals surface area contributed by atoms with Crippen LogP contribution in [-0.4, -0.2) is 140 Å². The van der Waals surface area contributed by atoms with E-state index in [1.165, 1.54) is 89.9 Å². The molecule has 1 amide bonds. The number of hydrogen-bond acceptors (Lipinski definition) is 13. The Morgan fingerprint density at radius 2 is 0.758 bits per heavy atom. The molecule has 12 unspecified atom stereocenters. The van der Waals surface area contributed by atoms with Crippen molar-refractivity contribution in [3.8, 4) is 0 Å². The van der Waals surface area contributed by atoms with E-state index in [0.717, 1.165) is 122 Å². The zero-order valence-corrected chi connectivity index (χ0v) is 56.3. The zero-order chi connectivity index (χ0) is 65.9. The second-order valence-corrected chi connectivity index (χ2v) is 24.3. The molecule has 91 heavy (non-hydrogen) atoms. The minimum atomic E-state index is -1.80. The summed E-state index contributed by atoms with van der Waals surface area (Å²) in [6.07, 6.45) is 73.2. The predicted octanol–water partition coefficient (Wildman–Crippen LogP) is 14.8. The van der Waals surface area contributed by atoms with E-state index in [0.29, 0.717) is 6.42 Å². The summed E-state index contributed by atoms with van der Waals surface area (Å²) in [5.41, 5.74) is 0. The first-order valence-corrected chi connectivity index (χ1v) is 35.6. The summed E-state index contributed by atoms with van der Waals surface area (Å²) in [4.78, 5) is 13.3. The summed E-state index contributed by atoms with van der Waals surface area (Å²) in [7, 11) is 0. The fourth-order valence-corrected chi connectivity index (χ4v) is 10.6. The van der Waals surface area contributed by atoms with Crippen LogP contribution in [0.25, 0.3) is 0 Å². The van der Waals surface area contributed by atoms with Crippen LogP contribution < -0.4 is 5.32 Å². The van der Waals surface area contributed by atoms with Crippen LogP contribution in [0.5, 0.6) is 0 Å². The number of amides is 1. The Morgan fingerprint density at radius 3 is 1.16 bits per heavy atom. The van der Waals surface area contributed by atoms with Gasteiger partial charge in [0.2, 0.25) is 5.91 Å². The lowest BCUT2D eigenvalue weighted by Gasteiger charge is -2.46. The summed E-state index contributed by atoms with van der Waals surface area (Å²) < 4.78 is 22.8. The lowest BCUT2D eigenvalue weighted by atomic mass is 9.97. The van der Waals surface area contributed by atoms with E-state index in [1.54, 1.807) is 6.08 Å². The van der Waals surface area contributed by atoms with Gasteiger partial charge in [0.25, 0.3) is 0 Å². The van der Waals surface area contributed by atoms with Gasteiger partial charge in [-0.05, 0) is 103 Å². The quantitative estimate of drug-likeness (QED) is 0.0204. The maximum absolute atomic E-state index is 13.3. The molecule has 2 aliphatic rings. The van der Waals surface area contributed by atoms with Crippen LogP contribution in [0.15, 0.2) is 146 Å². The third kappa shape index (κ3) is 43.5. The van der Waals surface area contributed by atoms with Crippen molar-refractivity contribution in [2.75, 3.05) is 19.8 Å². The molecule has 0 spiro atoms. The Balaban J connectivity index is 1.67. The Labute approximate surface area is 551 Å². The molecule has 14 heteroatoms. The second-order valence-electron chi connectivity index (χ2n) is 24.3. The largest absolute Gasteiger partial charge is 0.394 e. The van der Waals surface area contributed by atoms with Gasteiger partial charge in [-0.2, -0.15) is 0 Å². The van der Waals surface area contributed by atoms with Crippen LogP contribution in [0, 0.1) is 0 Å². The molecule has 0 aromatic carbocycles. The van der Waals surface area contributed by atoms with Crippen molar-refractivity contribution in [1.82, 2.24) is 5.32 Å². The van der Waals surface area contributed by atoms with E-state index >= 15 is 0 Å². The van der Waals surface area contributed by atoms with Gasteiger partial charge in [0, 0.05) is 6.42 Å². The fourth-order valence-electron chi connectivity index (χ4n) is 10.6. The SMILES string of the molecule is CC/C=C\C/C=C\C/C=C\C/C=C\C/C=C\C/C=C\C/C=C\C/C=C\C/C=C\C/C=C\C/C=C\CCCCCCCC(=O)NC(COC1OC(CO)C(OC2OC(CO)C(O)C(O)C2O)C(O)C1O)C(O)/C=C/CCCCCCCCCCCCCCCCCC. The molecule has 0 aliphatic carbocycles. The molecule has 2 fully saturated rings. The van der Waals surface area contributed by atoms with Crippen molar-refractivity contribution >= 4 is 5.91 Å². The van der Waals surface area contributed by atoms with Crippen LogP contribution in [0.2, 0.25) is 0 Å². The van der Waals surface area contributed by atoms with Gasteiger partial charge in [-0.25, -0.2) is 0 Å². The molecular formula is C77H127NO13. The van der Waals surface area contributed by atoms with Gasteiger partial charge in [-0.3, -0.25) is 4.79 Å². The van der Waals surface area contributed by atoms with E-state index in [9.17, 15) is 45.6 Å². The van der Waals surface area contributed by atoms with Gasteiger partial charge in [-0.15, -0.1) is 0 Å². The summed E-state index contributed by atoms with van der Waals surface area (Å²) in [6, 6.07) is -0.937. The lowest BCUT2D eigenvalue weighted by Crippen LogP contribution is -2.65. The van der Waals surface area contributed by atoms with Crippen LogP contribution >= 0.6 is 0 Å². The summed E-state index contributed by atoms with van der Waals surface area (Å²) in [5, 5.41) is 87.4. The van der Waals surface area contributed by atoms with Crippen molar-refractivity contribution < 1.29 is 64.6 Å². The molecule has 14 nitrogen and oxygen atoms in total. The molecule has 0 bridgehead atoms. The number of allylic oxidation sites excluding steroid dienone is 23. The lowest BCUT2D eigenvalue weighted by molar-refractivity contribution is -0.359. The monoisotopic (exact) mass is 1270 g/mol. The molecule has 0 aromatic heterocycles. The summed E-state index contributed by atoms with van der Waals surface area (Å²) in [5.74, 6) is -0.263. The molecule has 518 valence electrons. The highest BCUT2D eigenvalue weighted by Crippen LogP contribution is 2.30. The molecule has 12 atom stereocenters. The minimum absolute atomic E-state index is 0.250. The first kappa shape index (κ1) is 83.0. The molecule has 9 N–H and O–H groups in total. The number of rotatable bonds is 56. The average Bonchev–Trinajstić information content (AvgIpc) is 1.19. The van der Waals surface area contributed by atoms with E-state index in [-0.39, 0.29) is 18.9 Å². The highest BCUT2D eigenvalue weighted by atomic mass is 16.7. The fraction of sp³-hybridized carbons (Fsp3) is 0.675. The molecule has 2 rings (SSSR count). The third-order valence-corrected chi connectivity index (χ3v) is 16.3. The van der Waals surface area contributed by atoms with E-state index in [1.807, 2.05) is 6.08 Å². The minimum Gasteiger partial charge on any atom is -0.394 e. The third-order valence-electron chi connectivity index (χ3n) is 16.3. The normalized spacial score (nSPS) is 23.7. The summed E-state index contributed by atoms with van der Waals surface area (Å²) >= 11 is 0. The van der Waals surface area contributed by atoms with Gasteiger partial charge in [0.1, 0.15) is 48.8 Å². The van der Waals surface area contributed by atoms with Crippen molar-refractivity contribution in [2.24, 2.45) is 0 Å². The van der Waals surface area contributed by atoms with Crippen LogP contribution in [0.4, 0.5) is 0 Å². The zero-order valence-electron chi connectivity index (χ0n) is 56.3. The van der Waals surface area contributed by atoms with Gasteiger partial charge in [0.15, 0.2) is 12.6 Å². The molecule has 2 aliphatic heterocycles. The van der Waals surface area contributed by atoms with Gasteiger partial charge in [0.05, 0.1) is 32.0 Å². The number of carbonyl (C=O) groups is 1. The standard InChI is InChI=1S/C77H127NO13/c1-3-5-7-9-11-13-15-17-19-21-23-24-25-26-27-28-29-30-31-32-33-34-35-36-37-38-39-40-41-42-43-45-47-49-51-53-55-57-59-61-69(82)78-65(66(81)60-58-56-54-52-50-48-46-44-22-20-18-16-14-12-10-8-6-4-2)64-88-76-74(87)72(85)75(68(63-80)90-76)91-77-73(86)71(84)70(83)67(62-79)89-77/h5,7,11,13,17,19,23-24,26-27,29-30,32-33,35-36,38-39,41-42,45,47,58,60,65-68,70-77,79-81,83-87H,3-4,6,8-10,12,14-16,18,20-22,25,28,31,34,37,40,43-44,46,48-57,59,61-64H2,1-2H3,(H,78,82)/b7-5-,13-11-,19-17-,24-23-,27-26-,30-29-,33-32-,36-35-,39-38-,42-41-,47-45-,60-58+. The smallest absolute Gasteiger partial charge is 0.220 e. The first-order chi connectivity index (χ1) is 44.6. The van der Waals surface area contributed by atoms with Gasteiger partial charge in [-0.1, -0.05) is 275 Å². The highest BCUT2D eigenvalue weighted by molar-refractivity contribution is 5.76. The second kappa shape index (κ2) is 59.6. The molecule has 2 saturated heterocycles. The number of aliphatic hydroxyl groups excluding tert-OH is 8. The van der Waals surface area contributed by atoms with Crippen LogP contribution in [0.3, 0.4) is 0 Å². The first-order valence-electron chi connectivity index (χ1n) is 35.6. The average molecular weight is 1270 g/mol. The van der Waals surface area contributed by atoms with Crippen molar-refractivity contribution in [2.45, 2.75) is 312 Å². The Hall–Kier alpha value is -4.13. The van der Waals surface area contributed by atoms with Gasteiger partial charge < -0.3 is 65.1 Å². The van der Waals surface area contributed by atoms with Crippen molar-refractivity contribution in [1.29, 1.82) is 0 Å². The van der Waals surface area contributed by atoms with Gasteiger partial charge >= 0.3 is 0 Å². The molecular weight excluding hydrogens is 1150 g/mol. The number of aliphatic hydroxyl groups is 8. The number of unbranched alkanes of at least 4 members (excludes halogenated alkanes) is 21. The Bertz CT molecular complexity index is 2090. The molecule has 0 saturated carbocycles. The highest BCUT2D eigenvalue weighted by Gasteiger charge is 2.51. The maximum atomic E-state index is 13.3. The number of carbonyl (C=O) groups excluding carboxylic acids is 1. The van der Waals surface area contributed by atoms with Crippen LogP contribution in [-0.2, 0) is 23.7 Å². The maximum Gasteiger partial charge on any atom is 0.220 e. The molecule has 0 aromatic rings. The van der Waals surface area contributed by atoms with Crippen molar-refractivity contribution in [3.05, 3.63) is 146 Å². The van der Waals surface area contributed by atoms with Crippen LogP contribution in [0.1, 0.15) is 239 Å². The molecule has 2 heterocycles. The topological polar surface area (TPSA) is 228 Å². The van der Waals surface area contributed by atoms with E-state index in [2.05, 4.69) is 153 Å². The molecule has 0 radical (unpaired) electrons. The van der Waals surface area contributed by atoms with E-state index in [4.69, 9.17) is 18.9 Å². The Morgan fingerprint density at radius 1 is 0.407 bits per heavy atom. The Kier molecular flexibility index (Phi) is 54.3. The van der Waals surface area contributed by atoms with E-state index < -0.39 is 86.8 Å². The summed E-state index contributed by atoms with van der Waals surface area (Å²) in [6.45, 7) is 2.67.